The van der Waals surface area contributed by atoms with Crippen LogP contribution < -0.4 is 4.90 Å². The van der Waals surface area contributed by atoms with E-state index in [0.29, 0.717) is 39.5 Å². The van der Waals surface area contributed by atoms with Crippen LogP contribution in [0.5, 0.6) is 0 Å². The molecular formula is C36H30F8N6O. The number of halogens is 8. The molecule has 2 aromatic heterocycles. The molecule has 2 heterocycles. The fraction of sp³-hybridized carbons (Fsp3) is 0.250. The summed E-state index contributed by atoms with van der Waals surface area (Å²) in [5.74, 6) is -1.79. The van der Waals surface area contributed by atoms with Gasteiger partial charge in [0.05, 0.1) is 34.9 Å². The monoisotopic (exact) mass is 714 g/mol. The average molecular weight is 715 g/mol. The van der Waals surface area contributed by atoms with Crippen LogP contribution >= 0.6 is 0 Å². The van der Waals surface area contributed by atoms with Gasteiger partial charge >= 0.3 is 12.4 Å². The van der Waals surface area contributed by atoms with Crippen LogP contribution in [-0.2, 0) is 37.6 Å². The van der Waals surface area contributed by atoms with Gasteiger partial charge in [-0.1, -0.05) is 30.3 Å². The molecule has 0 amide bonds. The lowest BCUT2D eigenvalue weighted by molar-refractivity contribution is -0.138. The van der Waals surface area contributed by atoms with Crippen molar-refractivity contribution in [2.75, 3.05) is 4.90 Å². The molecule has 15 heteroatoms. The van der Waals surface area contributed by atoms with E-state index in [1.54, 1.807) is 36.9 Å². The van der Waals surface area contributed by atoms with E-state index in [4.69, 9.17) is 0 Å². The fourth-order valence-corrected chi connectivity index (χ4v) is 6.10. The molecule has 0 aliphatic rings. The molecule has 266 valence electrons. The molecule has 2 atom stereocenters. The van der Waals surface area contributed by atoms with Crippen LogP contribution in [0.1, 0.15) is 46.5 Å². The lowest BCUT2D eigenvalue weighted by Crippen LogP contribution is -2.41. The van der Waals surface area contributed by atoms with Crippen molar-refractivity contribution in [1.29, 1.82) is 0 Å². The first-order valence-corrected chi connectivity index (χ1v) is 15.6. The van der Waals surface area contributed by atoms with Crippen molar-refractivity contribution < 1.29 is 40.2 Å². The number of nitrogens with zero attached hydrogens (tertiary/aromatic N) is 6. The number of alkyl halides is 6. The zero-order valence-electron chi connectivity index (χ0n) is 27.1. The molecule has 51 heavy (non-hydrogen) atoms. The summed E-state index contributed by atoms with van der Waals surface area (Å²) >= 11 is 0. The number of aryl methyl sites for hydroxylation is 1. The quantitative estimate of drug-likeness (QED) is 0.144. The van der Waals surface area contributed by atoms with E-state index in [-0.39, 0.29) is 25.2 Å². The van der Waals surface area contributed by atoms with E-state index in [2.05, 4.69) is 15.2 Å². The Morgan fingerprint density at radius 1 is 0.784 bits per heavy atom. The maximum Gasteiger partial charge on any atom is 0.416 e. The van der Waals surface area contributed by atoms with Gasteiger partial charge in [0.25, 0.3) is 0 Å². The molecule has 0 radical (unpaired) electrons. The standard InChI is InChI=1S/C36H30F8N6O/c1-22-30-16-29(48(17-24-3-7-26(8-4-24)35(39,40)41)18-25-5-9-27(10-6-25)36(42,43)44)12-14-33(30)50(47-22)23(2)34(51,19-49-21-45-20-46-49)31-13-11-28(37)15-32(31)38/h3-16,20-21,23,51H,17-19H2,1-2H3/t23-,34-/m1/s1. The molecule has 0 aliphatic heterocycles. The van der Waals surface area contributed by atoms with E-state index < -0.39 is 46.8 Å². The summed E-state index contributed by atoms with van der Waals surface area (Å²) in [7, 11) is 0. The molecule has 6 rings (SSSR count). The highest BCUT2D eigenvalue weighted by Crippen LogP contribution is 2.39. The van der Waals surface area contributed by atoms with Crippen LogP contribution in [0.25, 0.3) is 10.9 Å². The van der Waals surface area contributed by atoms with Crippen LogP contribution in [0.15, 0.2) is 97.6 Å². The largest absolute Gasteiger partial charge is 0.416 e. The smallest absolute Gasteiger partial charge is 0.381 e. The van der Waals surface area contributed by atoms with Gasteiger partial charge in [-0.3, -0.25) is 4.68 Å². The number of fused-ring (bicyclic) bond motifs is 1. The second-order valence-electron chi connectivity index (χ2n) is 12.3. The van der Waals surface area contributed by atoms with Gasteiger partial charge in [-0.15, -0.1) is 0 Å². The summed E-state index contributed by atoms with van der Waals surface area (Å²) in [6.07, 6.45) is -6.45. The Labute approximate surface area is 286 Å². The van der Waals surface area contributed by atoms with Crippen molar-refractivity contribution in [3.8, 4) is 0 Å². The molecule has 7 nitrogen and oxygen atoms in total. The average Bonchev–Trinajstić information content (AvgIpc) is 3.70. The minimum Gasteiger partial charge on any atom is -0.381 e. The molecule has 0 saturated heterocycles. The third-order valence-corrected chi connectivity index (χ3v) is 8.87. The fourth-order valence-electron chi connectivity index (χ4n) is 6.10. The van der Waals surface area contributed by atoms with Crippen LogP contribution in [0.4, 0.5) is 40.8 Å². The molecule has 6 aromatic rings. The second kappa shape index (κ2) is 13.4. The van der Waals surface area contributed by atoms with Crippen molar-refractivity contribution in [2.24, 2.45) is 0 Å². The Kier molecular flexibility index (Phi) is 9.35. The van der Waals surface area contributed by atoms with Gasteiger partial charge in [-0.2, -0.15) is 36.5 Å². The van der Waals surface area contributed by atoms with Gasteiger partial charge in [0.1, 0.15) is 29.9 Å². The second-order valence-corrected chi connectivity index (χ2v) is 12.3. The van der Waals surface area contributed by atoms with E-state index in [1.165, 1.54) is 46.3 Å². The minimum absolute atomic E-state index is 0.107. The Bertz CT molecular complexity index is 2070. The summed E-state index contributed by atoms with van der Waals surface area (Å²) < 4.78 is 111. The zero-order chi connectivity index (χ0) is 36.7. The molecule has 0 unspecified atom stereocenters. The lowest BCUT2D eigenvalue weighted by atomic mass is 9.86. The SMILES string of the molecule is Cc1nn([C@H](C)[C@](O)(Cn2cncn2)c2ccc(F)cc2F)c2ccc(N(Cc3ccc(C(F)(F)F)cc3)Cc3ccc(C(F)(F)F)cc3)cc12. The van der Waals surface area contributed by atoms with Crippen molar-refractivity contribution in [1.82, 2.24) is 24.5 Å². The number of hydrogen-bond acceptors (Lipinski definition) is 5. The van der Waals surface area contributed by atoms with Crippen molar-refractivity contribution >= 4 is 16.6 Å². The Balaban J connectivity index is 1.39. The number of benzene rings is 4. The Morgan fingerprint density at radius 3 is 1.88 bits per heavy atom. The van der Waals surface area contributed by atoms with Gasteiger partial charge in [-0.05, 0) is 73.5 Å². The van der Waals surface area contributed by atoms with Crippen LogP contribution in [0.2, 0.25) is 0 Å². The predicted octanol–water partition coefficient (Wildman–Crippen LogP) is 8.61. The molecule has 0 bridgehead atoms. The van der Waals surface area contributed by atoms with Gasteiger partial charge in [-0.25, -0.2) is 18.4 Å². The van der Waals surface area contributed by atoms with Crippen LogP contribution in [0.3, 0.4) is 0 Å². The summed E-state index contributed by atoms with van der Waals surface area (Å²) in [4.78, 5) is 5.70. The molecule has 0 fully saturated rings. The van der Waals surface area contributed by atoms with Gasteiger partial charge in [0, 0.05) is 35.8 Å². The maximum absolute atomic E-state index is 15.2. The summed E-state index contributed by atoms with van der Waals surface area (Å²) in [5.41, 5.74) is -1.15. The van der Waals surface area contributed by atoms with E-state index in [9.17, 15) is 35.8 Å². The number of rotatable bonds is 10. The molecule has 0 saturated carbocycles. The topological polar surface area (TPSA) is 72.0 Å². The third-order valence-electron chi connectivity index (χ3n) is 8.87. The van der Waals surface area contributed by atoms with E-state index in [1.807, 2.05) is 0 Å². The Morgan fingerprint density at radius 2 is 1.37 bits per heavy atom. The first kappa shape index (κ1) is 35.5. The van der Waals surface area contributed by atoms with E-state index in [0.717, 1.165) is 36.4 Å². The minimum atomic E-state index is -4.53. The first-order valence-electron chi connectivity index (χ1n) is 15.6. The predicted molar refractivity (Wildman–Crippen MR) is 172 cm³/mol. The molecular weight excluding hydrogens is 684 g/mol. The summed E-state index contributed by atoms with van der Waals surface area (Å²) in [6, 6.07) is 16.4. The Hall–Kier alpha value is -5.31. The molecule has 1 N–H and O–H groups in total. The van der Waals surface area contributed by atoms with Gasteiger partial charge in [0.15, 0.2) is 0 Å². The highest BCUT2D eigenvalue weighted by molar-refractivity contribution is 5.85. The number of anilines is 1. The van der Waals surface area contributed by atoms with Crippen LogP contribution in [-0.4, -0.2) is 29.7 Å². The van der Waals surface area contributed by atoms with Gasteiger partial charge in [0.2, 0.25) is 0 Å². The molecule has 0 spiro atoms. The van der Waals surface area contributed by atoms with Gasteiger partial charge < -0.3 is 10.0 Å². The van der Waals surface area contributed by atoms with Crippen molar-refractivity contribution in [2.45, 2.75) is 57.5 Å². The number of aromatic nitrogens is 5. The van der Waals surface area contributed by atoms with Crippen molar-refractivity contribution in [3.63, 3.8) is 0 Å². The lowest BCUT2D eigenvalue weighted by Gasteiger charge is -2.35. The highest BCUT2D eigenvalue weighted by atomic mass is 19.4. The number of aliphatic hydroxyl groups is 1. The highest BCUT2D eigenvalue weighted by Gasteiger charge is 2.41. The van der Waals surface area contributed by atoms with Crippen LogP contribution in [0, 0.1) is 18.6 Å². The summed E-state index contributed by atoms with van der Waals surface area (Å²) in [6.45, 7) is 3.30. The number of hydrogen-bond donors (Lipinski definition) is 1. The third kappa shape index (κ3) is 7.43. The normalized spacial score (nSPS) is 14.1. The van der Waals surface area contributed by atoms with Crippen molar-refractivity contribution in [3.05, 3.63) is 143 Å². The zero-order valence-corrected chi connectivity index (χ0v) is 27.1. The van der Waals surface area contributed by atoms with E-state index >= 15 is 4.39 Å². The maximum atomic E-state index is 15.2. The molecule has 4 aromatic carbocycles. The molecule has 0 aliphatic carbocycles. The summed E-state index contributed by atoms with van der Waals surface area (Å²) in [5, 5.41) is 21.5. The first-order chi connectivity index (χ1) is 24.0.